The van der Waals surface area contributed by atoms with Gasteiger partial charge in [0.05, 0.1) is 11.9 Å². The molecule has 22 heavy (non-hydrogen) atoms. The van der Waals surface area contributed by atoms with Gasteiger partial charge in [0.2, 0.25) is 12.7 Å². The molecule has 2 rings (SSSR count). The fraction of sp³-hybridized carbons (Fsp3) is 0.571. The van der Waals surface area contributed by atoms with Crippen molar-refractivity contribution < 1.29 is 9.42 Å². The Balaban J connectivity index is 1.96. The number of nitroso groups, excluding NO2 is 1. The van der Waals surface area contributed by atoms with Crippen LogP contribution < -0.4 is 4.68 Å². The first kappa shape index (κ1) is 16.6. The summed E-state index contributed by atoms with van der Waals surface area (Å²) >= 11 is 0. The number of aryl methyl sites for hydroxylation is 1. The predicted molar refractivity (Wildman–Crippen MR) is 86.6 cm³/mol. The van der Waals surface area contributed by atoms with Crippen LogP contribution in [0.1, 0.15) is 11.4 Å². The van der Waals surface area contributed by atoms with Gasteiger partial charge >= 0.3 is 0 Å². The zero-order chi connectivity index (χ0) is 16.2. The predicted octanol–water partition coefficient (Wildman–Crippen LogP) is 2.57. The molecule has 120 valence electrons. The van der Waals surface area contributed by atoms with Gasteiger partial charge in [-0.15, -0.1) is 9.59 Å². The lowest BCUT2D eigenvalue weighted by Crippen LogP contribution is -2.36. The molecule has 0 aliphatic heterocycles. The lowest BCUT2D eigenvalue weighted by atomic mass is 10.4. The highest BCUT2D eigenvalue weighted by Crippen LogP contribution is 2.10. The molecule has 0 spiro atoms. The molecular formula is C14H24N5O2Si+. The van der Waals surface area contributed by atoms with Crippen molar-refractivity contribution >= 4 is 13.8 Å². The Morgan fingerprint density at radius 3 is 2.86 bits per heavy atom. The first-order chi connectivity index (χ1) is 10.4. The minimum Gasteiger partial charge on any atom is -0.360 e. The summed E-state index contributed by atoms with van der Waals surface area (Å²) in [6.07, 6.45) is 3.25. The molecule has 2 aromatic rings. The fourth-order valence-corrected chi connectivity index (χ4v) is 2.82. The van der Waals surface area contributed by atoms with Crippen molar-refractivity contribution in [3.8, 4) is 0 Å². The number of nitrogens with zero attached hydrogens (tertiary/aromatic N) is 4. The van der Waals surface area contributed by atoms with Crippen LogP contribution >= 0.6 is 0 Å². The van der Waals surface area contributed by atoms with Crippen LogP contribution in [0.15, 0.2) is 23.6 Å². The highest BCUT2D eigenvalue weighted by Gasteiger charge is 2.15. The van der Waals surface area contributed by atoms with Crippen LogP contribution in [0.5, 0.6) is 0 Å². The van der Waals surface area contributed by atoms with Crippen LogP contribution in [0.4, 0.5) is 5.69 Å². The van der Waals surface area contributed by atoms with Crippen LogP contribution in [0.2, 0.25) is 25.7 Å². The number of ether oxygens (including phenoxy) is 1. The van der Waals surface area contributed by atoms with Crippen LogP contribution in [0, 0.1) is 11.8 Å². The number of hydrogen-bond donors (Lipinski definition) is 1. The second-order valence-corrected chi connectivity index (χ2v) is 12.3. The molecule has 0 amide bonds. The summed E-state index contributed by atoms with van der Waals surface area (Å²) in [4.78, 5) is 10.5. The van der Waals surface area contributed by atoms with E-state index in [-0.39, 0.29) is 0 Å². The summed E-state index contributed by atoms with van der Waals surface area (Å²) in [6, 6.07) is 3.16. The third-order valence-electron chi connectivity index (χ3n) is 3.30. The molecule has 0 saturated carbocycles. The van der Waals surface area contributed by atoms with Crippen LogP contribution in [0.25, 0.3) is 0 Å². The Morgan fingerprint density at radius 2 is 2.23 bits per heavy atom. The number of aromatic nitrogens is 4. The Hall–Kier alpha value is -1.80. The zero-order valence-corrected chi connectivity index (χ0v) is 14.7. The van der Waals surface area contributed by atoms with E-state index >= 15 is 0 Å². The van der Waals surface area contributed by atoms with Gasteiger partial charge in [0.15, 0.2) is 5.69 Å². The zero-order valence-electron chi connectivity index (χ0n) is 13.7. The van der Waals surface area contributed by atoms with E-state index in [2.05, 4.69) is 35.0 Å². The van der Waals surface area contributed by atoms with Gasteiger partial charge in [-0.3, -0.25) is 0 Å². The SMILES string of the molecule is Cc1cc(C[n+]2cc(N=O)c[nH]2)n(COCC[Si](C)(C)C)n1. The van der Waals surface area contributed by atoms with Crippen molar-refractivity contribution in [2.45, 2.75) is 45.9 Å². The smallest absolute Gasteiger partial charge is 0.225 e. The van der Waals surface area contributed by atoms with Crippen LogP contribution in [-0.2, 0) is 18.0 Å². The molecule has 1 N–H and O–H groups in total. The van der Waals surface area contributed by atoms with Gasteiger partial charge in [-0.2, -0.15) is 10.2 Å². The van der Waals surface area contributed by atoms with E-state index in [1.807, 2.05) is 17.7 Å². The summed E-state index contributed by atoms with van der Waals surface area (Å²) in [6.45, 7) is 10.8. The number of rotatable bonds is 8. The molecule has 7 nitrogen and oxygen atoms in total. The Morgan fingerprint density at radius 1 is 1.45 bits per heavy atom. The van der Waals surface area contributed by atoms with Gasteiger partial charge in [-0.25, -0.2) is 4.68 Å². The Kier molecular flexibility index (Phi) is 5.25. The van der Waals surface area contributed by atoms with E-state index < -0.39 is 8.07 Å². The number of aromatic amines is 1. The monoisotopic (exact) mass is 322 g/mol. The molecule has 2 heterocycles. The number of hydrogen-bond acceptors (Lipinski definition) is 4. The average Bonchev–Trinajstić information content (AvgIpc) is 3.01. The van der Waals surface area contributed by atoms with Crippen molar-refractivity contribution in [3.05, 3.63) is 34.8 Å². The van der Waals surface area contributed by atoms with Gasteiger partial charge < -0.3 is 4.74 Å². The Bertz CT molecular complexity index is 629. The normalized spacial score (nSPS) is 11.8. The first-order valence-electron chi connectivity index (χ1n) is 7.40. The average molecular weight is 322 g/mol. The van der Waals surface area contributed by atoms with E-state index in [9.17, 15) is 4.91 Å². The fourth-order valence-electron chi connectivity index (χ4n) is 2.07. The molecule has 0 saturated heterocycles. The maximum Gasteiger partial charge on any atom is 0.225 e. The summed E-state index contributed by atoms with van der Waals surface area (Å²) in [7, 11) is -1.07. The molecule has 0 aliphatic rings. The molecule has 0 bridgehead atoms. The second-order valence-electron chi connectivity index (χ2n) is 6.67. The number of nitrogens with one attached hydrogen (secondary N) is 1. The van der Waals surface area contributed by atoms with Crippen molar-refractivity contribution in [2.24, 2.45) is 5.18 Å². The molecule has 0 fully saturated rings. The quantitative estimate of drug-likeness (QED) is 0.351. The second kappa shape index (κ2) is 6.97. The van der Waals surface area contributed by atoms with Crippen molar-refractivity contribution in [1.82, 2.24) is 14.9 Å². The van der Waals surface area contributed by atoms with Crippen molar-refractivity contribution in [1.29, 1.82) is 0 Å². The van der Waals surface area contributed by atoms with E-state index in [0.29, 0.717) is 19.0 Å². The minimum absolute atomic E-state index is 0.383. The van der Waals surface area contributed by atoms with Crippen molar-refractivity contribution in [3.63, 3.8) is 0 Å². The van der Waals surface area contributed by atoms with Crippen LogP contribution in [-0.4, -0.2) is 29.6 Å². The molecule has 0 atom stereocenters. The van der Waals surface area contributed by atoms with E-state index in [4.69, 9.17) is 4.74 Å². The first-order valence-corrected chi connectivity index (χ1v) is 11.1. The third-order valence-corrected chi connectivity index (χ3v) is 5.00. The highest BCUT2D eigenvalue weighted by molar-refractivity contribution is 6.76. The Labute approximate surface area is 131 Å². The lowest BCUT2D eigenvalue weighted by Gasteiger charge is -2.15. The summed E-state index contributed by atoms with van der Waals surface area (Å²) in [5.41, 5.74) is 2.36. The largest absolute Gasteiger partial charge is 0.360 e. The lowest BCUT2D eigenvalue weighted by molar-refractivity contribution is -0.742. The number of H-pyrrole nitrogens is 1. The van der Waals surface area contributed by atoms with Crippen LogP contribution in [0.3, 0.4) is 0 Å². The molecule has 0 unspecified atom stereocenters. The maximum absolute atomic E-state index is 10.5. The summed E-state index contributed by atoms with van der Waals surface area (Å²) in [5, 5.41) is 10.3. The van der Waals surface area contributed by atoms with Gasteiger partial charge in [-0.1, -0.05) is 19.6 Å². The topological polar surface area (TPSA) is 76.2 Å². The molecule has 0 aromatic carbocycles. The van der Waals surface area contributed by atoms with Crippen molar-refractivity contribution in [2.75, 3.05) is 6.61 Å². The van der Waals surface area contributed by atoms with Gasteiger partial charge in [0.1, 0.15) is 12.4 Å². The van der Waals surface area contributed by atoms with E-state index in [0.717, 1.165) is 24.0 Å². The van der Waals surface area contributed by atoms with Gasteiger partial charge in [-0.05, 0) is 24.2 Å². The molecule has 2 aromatic heterocycles. The molecule has 8 heteroatoms. The standard InChI is InChI=1S/C14H23N5O2Si/c1-12-7-14(10-18-9-13(17-20)8-15-18)19(16-12)11-21-5-6-22(2,3)4/h7-9H,5-6,10-11H2,1-4H3/p+1. The summed E-state index contributed by atoms with van der Waals surface area (Å²) in [5.74, 6) is 0. The summed E-state index contributed by atoms with van der Waals surface area (Å²) < 4.78 is 9.42. The molecule has 0 aliphatic carbocycles. The molecule has 0 radical (unpaired) electrons. The minimum atomic E-state index is -1.07. The highest BCUT2D eigenvalue weighted by atomic mass is 28.3. The van der Waals surface area contributed by atoms with E-state index in [1.165, 1.54) is 0 Å². The van der Waals surface area contributed by atoms with Gasteiger partial charge in [0.25, 0.3) is 0 Å². The molecular weight excluding hydrogens is 298 g/mol. The van der Waals surface area contributed by atoms with E-state index in [1.54, 1.807) is 17.1 Å². The third kappa shape index (κ3) is 4.88. The maximum atomic E-state index is 10.5. The van der Waals surface area contributed by atoms with Gasteiger partial charge in [0, 0.05) is 14.7 Å².